The fraction of sp³-hybridized carbons (Fsp3) is 0.588. The van der Waals surface area contributed by atoms with Crippen molar-refractivity contribution in [2.24, 2.45) is 11.1 Å². The number of hydrogen-bond donors (Lipinski definition) is 1. The van der Waals surface area contributed by atoms with Crippen molar-refractivity contribution in [3.8, 4) is 5.88 Å². The quantitative estimate of drug-likeness (QED) is 0.765. The van der Waals surface area contributed by atoms with Crippen LogP contribution in [0.15, 0.2) is 0 Å². The maximum atomic E-state index is 12.9. The number of methoxy groups -OCH3 is 2. The van der Waals surface area contributed by atoms with Gasteiger partial charge in [0.25, 0.3) is 5.91 Å². The highest BCUT2D eigenvalue weighted by atomic mass is 35.5. The van der Waals surface area contributed by atoms with Crippen LogP contribution in [0.3, 0.4) is 0 Å². The van der Waals surface area contributed by atoms with Gasteiger partial charge in [-0.25, -0.2) is 4.98 Å². The summed E-state index contributed by atoms with van der Waals surface area (Å²) in [6.45, 7) is 7.36. The molecule has 0 aromatic carbocycles. The maximum absolute atomic E-state index is 12.9. The lowest BCUT2D eigenvalue weighted by molar-refractivity contribution is 0.0745. The van der Waals surface area contributed by atoms with Crippen molar-refractivity contribution in [1.82, 2.24) is 14.9 Å². The van der Waals surface area contributed by atoms with Crippen molar-refractivity contribution in [3.63, 3.8) is 0 Å². The summed E-state index contributed by atoms with van der Waals surface area (Å²) in [5.74, 6) is 0.955. The van der Waals surface area contributed by atoms with E-state index in [1.165, 1.54) is 11.3 Å². The standard InChI is InChI=1S/C17H26N4O3S.ClH/c1-10-12-14(24-6)19-11(7-23-5)20-15(12)25-13(10)16(22)21(4)9-17(2,3)8-18;/h7-9,18H2,1-6H3;1H. The molecule has 7 nitrogen and oxygen atoms in total. The summed E-state index contributed by atoms with van der Waals surface area (Å²) >= 11 is 1.35. The van der Waals surface area contributed by atoms with Crippen LogP contribution in [0, 0.1) is 12.3 Å². The summed E-state index contributed by atoms with van der Waals surface area (Å²) in [5, 5.41) is 0.780. The fourth-order valence-corrected chi connectivity index (χ4v) is 3.83. The molecular weight excluding hydrogens is 376 g/mol. The SMILES string of the molecule is COCc1nc(OC)c2c(C)c(C(=O)N(C)CC(C)(C)CN)sc2n1.Cl. The number of nitrogens with zero attached hydrogens (tertiary/aromatic N) is 3. The Hall–Kier alpha value is -1.48. The van der Waals surface area contributed by atoms with Crippen molar-refractivity contribution < 1.29 is 14.3 Å². The Morgan fingerprint density at radius 1 is 1.31 bits per heavy atom. The molecule has 0 saturated heterocycles. The zero-order valence-electron chi connectivity index (χ0n) is 16.1. The Morgan fingerprint density at radius 2 is 1.96 bits per heavy atom. The van der Waals surface area contributed by atoms with Crippen LogP contribution >= 0.6 is 23.7 Å². The number of hydrogen-bond acceptors (Lipinski definition) is 7. The van der Waals surface area contributed by atoms with Gasteiger partial charge in [-0.3, -0.25) is 4.79 Å². The first kappa shape index (κ1) is 22.6. The van der Waals surface area contributed by atoms with Gasteiger partial charge >= 0.3 is 0 Å². The molecule has 9 heteroatoms. The minimum atomic E-state index is -0.141. The van der Waals surface area contributed by atoms with Crippen LogP contribution in [0.2, 0.25) is 0 Å². The summed E-state index contributed by atoms with van der Waals surface area (Å²) < 4.78 is 10.5. The molecule has 0 saturated carbocycles. The van der Waals surface area contributed by atoms with Gasteiger partial charge in [0.2, 0.25) is 5.88 Å². The van der Waals surface area contributed by atoms with E-state index in [0.29, 0.717) is 29.7 Å². The van der Waals surface area contributed by atoms with Crippen LogP contribution in [0.4, 0.5) is 0 Å². The van der Waals surface area contributed by atoms with Crippen LogP contribution < -0.4 is 10.5 Å². The minimum Gasteiger partial charge on any atom is -0.480 e. The average molecular weight is 403 g/mol. The molecular formula is C17H27ClN4O3S. The van der Waals surface area contributed by atoms with Gasteiger partial charge in [0.05, 0.1) is 17.4 Å². The number of fused-ring (bicyclic) bond motifs is 1. The predicted molar refractivity (Wildman–Crippen MR) is 106 cm³/mol. The zero-order valence-corrected chi connectivity index (χ0v) is 17.7. The van der Waals surface area contributed by atoms with Crippen molar-refractivity contribution in [2.45, 2.75) is 27.4 Å². The normalized spacial score (nSPS) is 11.3. The number of carbonyl (C=O) groups excluding carboxylic acids is 1. The Bertz CT molecular complexity index is 779. The third-order valence-electron chi connectivity index (χ3n) is 4.03. The van der Waals surface area contributed by atoms with Crippen molar-refractivity contribution in [3.05, 3.63) is 16.3 Å². The highest BCUT2D eigenvalue weighted by Crippen LogP contribution is 2.35. The van der Waals surface area contributed by atoms with Crippen LogP contribution in [0.5, 0.6) is 5.88 Å². The summed E-state index contributed by atoms with van der Waals surface area (Å²) in [6.07, 6.45) is 0. The molecule has 0 atom stereocenters. The van der Waals surface area contributed by atoms with Crippen molar-refractivity contribution >= 4 is 39.9 Å². The van der Waals surface area contributed by atoms with Crippen molar-refractivity contribution in [1.29, 1.82) is 0 Å². The molecule has 2 heterocycles. The minimum absolute atomic E-state index is 0. The molecule has 0 unspecified atom stereocenters. The van der Waals surface area contributed by atoms with E-state index in [1.54, 1.807) is 26.2 Å². The molecule has 2 aromatic heterocycles. The highest BCUT2D eigenvalue weighted by molar-refractivity contribution is 7.20. The molecule has 0 spiro atoms. The number of aromatic nitrogens is 2. The number of amides is 1. The highest BCUT2D eigenvalue weighted by Gasteiger charge is 2.26. The Labute approximate surface area is 164 Å². The summed E-state index contributed by atoms with van der Waals surface area (Å²) in [6, 6.07) is 0. The topological polar surface area (TPSA) is 90.6 Å². The first-order valence-corrected chi connectivity index (χ1v) is 8.84. The van der Waals surface area contributed by atoms with E-state index in [9.17, 15) is 4.79 Å². The van der Waals surface area contributed by atoms with Crippen LogP contribution in [-0.2, 0) is 11.3 Å². The van der Waals surface area contributed by atoms with Crippen LogP contribution in [0.25, 0.3) is 10.2 Å². The van der Waals surface area contributed by atoms with E-state index >= 15 is 0 Å². The van der Waals surface area contributed by atoms with E-state index in [0.717, 1.165) is 15.8 Å². The third kappa shape index (κ3) is 4.62. The lowest BCUT2D eigenvalue weighted by Gasteiger charge is -2.28. The molecule has 26 heavy (non-hydrogen) atoms. The maximum Gasteiger partial charge on any atom is 0.264 e. The van der Waals surface area contributed by atoms with E-state index in [2.05, 4.69) is 9.97 Å². The average Bonchev–Trinajstić information content (AvgIpc) is 2.90. The summed E-state index contributed by atoms with van der Waals surface area (Å²) in [5.41, 5.74) is 6.48. The molecule has 0 radical (unpaired) electrons. The number of aryl methyl sites for hydroxylation is 1. The first-order chi connectivity index (χ1) is 11.7. The van der Waals surface area contributed by atoms with Crippen LogP contribution in [0.1, 0.15) is 34.9 Å². The molecule has 0 fully saturated rings. The van der Waals surface area contributed by atoms with Gasteiger partial charge in [-0.15, -0.1) is 23.7 Å². The van der Waals surface area contributed by atoms with E-state index < -0.39 is 0 Å². The number of rotatable bonds is 7. The Balaban J connectivity index is 0.00000338. The monoisotopic (exact) mass is 402 g/mol. The molecule has 2 rings (SSSR count). The predicted octanol–water partition coefficient (Wildman–Crippen LogP) is 2.63. The van der Waals surface area contributed by atoms with E-state index in [4.69, 9.17) is 15.2 Å². The second-order valence-electron chi connectivity index (χ2n) is 6.85. The van der Waals surface area contributed by atoms with Crippen LogP contribution in [-0.4, -0.2) is 55.1 Å². The van der Waals surface area contributed by atoms with Gasteiger partial charge in [0.15, 0.2) is 5.82 Å². The number of thiophene rings is 1. The Kier molecular flexibility index (Phi) is 7.76. The molecule has 0 aliphatic carbocycles. The number of halogens is 1. The van der Waals surface area contributed by atoms with Gasteiger partial charge in [-0.1, -0.05) is 13.8 Å². The van der Waals surface area contributed by atoms with Gasteiger partial charge in [0.1, 0.15) is 11.4 Å². The van der Waals surface area contributed by atoms with E-state index in [-0.39, 0.29) is 30.3 Å². The molecule has 2 aromatic rings. The fourth-order valence-electron chi connectivity index (χ4n) is 2.64. The molecule has 1 amide bonds. The second kappa shape index (κ2) is 8.94. The lowest BCUT2D eigenvalue weighted by Crippen LogP contribution is -2.39. The molecule has 2 N–H and O–H groups in total. The largest absolute Gasteiger partial charge is 0.480 e. The van der Waals surface area contributed by atoms with Gasteiger partial charge in [0, 0.05) is 20.7 Å². The molecule has 146 valence electrons. The number of nitrogens with two attached hydrogens (primary N) is 1. The van der Waals surface area contributed by atoms with Crippen molar-refractivity contribution in [2.75, 3.05) is 34.4 Å². The summed E-state index contributed by atoms with van der Waals surface area (Å²) in [4.78, 5) is 24.9. The zero-order chi connectivity index (χ0) is 18.8. The molecule has 0 aliphatic rings. The van der Waals surface area contributed by atoms with E-state index in [1.807, 2.05) is 20.8 Å². The first-order valence-electron chi connectivity index (χ1n) is 8.02. The molecule has 0 bridgehead atoms. The lowest BCUT2D eigenvalue weighted by atomic mass is 9.93. The molecule has 0 aliphatic heterocycles. The summed E-state index contributed by atoms with van der Waals surface area (Å²) in [7, 11) is 4.94. The van der Waals surface area contributed by atoms with Gasteiger partial charge in [-0.05, 0) is 24.4 Å². The second-order valence-corrected chi connectivity index (χ2v) is 7.85. The Morgan fingerprint density at radius 3 is 2.50 bits per heavy atom. The number of carbonyl (C=O) groups is 1. The third-order valence-corrected chi connectivity index (χ3v) is 5.20. The number of ether oxygens (including phenoxy) is 2. The smallest absolute Gasteiger partial charge is 0.264 e. The van der Waals surface area contributed by atoms with Gasteiger partial charge in [-0.2, -0.15) is 4.98 Å². The van der Waals surface area contributed by atoms with Gasteiger partial charge < -0.3 is 20.1 Å².